The predicted molar refractivity (Wildman–Crippen MR) is 75.4 cm³/mol. The molecule has 0 aromatic heterocycles. The Kier molecular flexibility index (Phi) is 6.04. The highest BCUT2D eigenvalue weighted by Crippen LogP contribution is 2.17. The summed E-state index contributed by atoms with van der Waals surface area (Å²) >= 11 is 0. The first-order valence-corrected chi connectivity index (χ1v) is 6.31. The third-order valence-corrected chi connectivity index (χ3v) is 2.83. The van der Waals surface area contributed by atoms with Crippen LogP contribution in [0.4, 0.5) is 0 Å². The molecular weight excluding hydrogens is 238 g/mol. The van der Waals surface area contributed by atoms with Crippen LogP contribution in [-0.2, 0) is 0 Å². The molecule has 1 radical (unpaired) electrons. The summed E-state index contributed by atoms with van der Waals surface area (Å²) in [5.74, 6) is -0.0194. The number of benzene rings is 1. The number of nitriles is 1. The van der Waals surface area contributed by atoms with E-state index in [0.29, 0.717) is 12.0 Å². The topological polar surface area (TPSA) is 56.1 Å². The van der Waals surface area contributed by atoms with E-state index < -0.39 is 0 Å². The molecule has 0 heterocycles. The summed E-state index contributed by atoms with van der Waals surface area (Å²) < 4.78 is 0. The van der Waals surface area contributed by atoms with Gasteiger partial charge in [0.2, 0.25) is 0 Å². The summed E-state index contributed by atoms with van der Waals surface area (Å²) in [6, 6.07) is 9.56. The molecule has 4 nitrogen and oxygen atoms in total. The van der Waals surface area contributed by atoms with E-state index in [2.05, 4.69) is 18.3 Å². The van der Waals surface area contributed by atoms with Crippen molar-refractivity contribution < 1.29 is 4.79 Å². The minimum absolute atomic E-state index is 0.00439. The molecule has 0 aliphatic rings. The molecule has 19 heavy (non-hydrogen) atoms. The zero-order valence-electron chi connectivity index (χ0n) is 11.5. The normalized spacial score (nSPS) is 11.7. The number of hydrogen-bond donors (Lipinski definition) is 1. The monoisotopic (exact) mass is 258 g/mol. The summed E-state index contributed by atoms with van der Waals surface area (Å²) in [5.41, 5.74) is 1.67. The lowest BCUT2D eigenvalue weighted by Gasteiger charge is -2.16. The molecule has 1 aromatic carbocycles. The molecule has 1 rings (SSSR count). The van der Waals surface area contributed by atoms with Crippen LogP contribution in [0.25, 0.3) is 0 Å². The van der Waals surface area contributed by atoms with Crippen LogP contribution in [-0.4, -0.2) is 31.4 Å². The van der Waals surface area contributed by atoms with Crippen LogP contribution < -0.4 is 5.32 Å². The van der Waals surface area contributed by atoms with Crippen molar-refractivity contribution >= 4 is 5.91 Å². The third-order valence-electron chi connectivity index (χ3n) is 2.83. The maximum atomic E-state index is 11.8. The Morgan fingerprint density at radius 1 is 1.42 bits per heavy atom. The molecule has 1 amide bonds. The van der Waals surface area contributed by atoms with Crippen molar-refractivity contribution in [2.45, 2.75) is 18.9 Å². The molecule has 4 heteroatoms. The molecule has 0 saturated heterocycles. The Labute approximate surface area is 115 Å². The summed E-state index contributed by atoms with van der Waals surface area (Å²) in [6.07, 6.45) is 1.18. The highest BCUT2D eigenvalue weighted by atomic mass is 16.2. The van der Waals surface area contributed by atoms with Gasteiger partial charge in [-0.2, -0.15) is 5.26 Å². The molecule has 0 fully saturated rings. The number of amides is 1. The lowest BCUT2D eigenvalue weighted by Crippen LogP contribution is -2.23. The smallest absolute Gasteiger partial charge is 0.253 e. The molecule has 0 aliphatic heterocycles. The first-order chi connectivity index (χ1) is 9.10. The Balaban J connectivity index is 2.83. The van der Waals surface area contributed by atoms with Crippen LogP contribution in [0, 0.1) is 18.3 Å². The molecule has 1 aromatic rings. The molecule has 0 unspecified atom stereocenters. The fourth-order valence-electron chi connectivity index (χ4n) is 1.79. The highest BCUT2D eigenvalue weighted by molar-refractivity contribution is 5.93. The zero-order valence-corrected chi connectivity index (χ0v) is 11.5. The van der Waals surface area contributed by atoms with Crippen molar-refractivity contribution in [1.82, 2.24) is 10.2 Å². The molecule has 1 atom stereocenters. The van der Waals surface area contributed by atoms with E-state index in [4.69, 9.17) is 5.26 Å². The minimum Gasteiger partial charge on any atom is -0.345 e. The number of nitrogens with one attached hydrogen (secondary N) is 1. The number of nitrogens with zero attached hydrogens (tertiary/aromatic N) is 2. The number of hydrogen-bond acceptors (Lipinski definition) is 3. The quantitative estimate of drug-likeness (QED) is 0.850. The molecule has 0 aliphatic carbocycles. The molecular formula is C15H20N3O. The maximum Gasteiger partial charge on any atom is 0.253 e. The van der Waals surface area contributed by atoms with Gasteiger partial charge in [0.15, 0.2) is 0 Å². The molecule has 0 spiro atoms. The number of carbonyl (C=O) groups excluding carboxylic acids is 1. The Morgan fingerprint density at radius 3 is 2.53 bits per heavy atom. The van der Waals surface area contributed by atoms with Crippen molar-refractivity contribution in [1.29, 1.82) is 5.26 Å². The molecule has 0 bridgehead atoms. The van der Waals surface area contributed by atoms with Crippen molar-refractivity contribution in [2.24, 2.45) is 0 Å². The average molecular weight is 258 g/mol. The van der Waals surface area contributed by atoms with Gasteiger partial charge in [0.05, 0.1) is 12.5 Å². The molecule has 0 saturated carbocycles. The van der Waals surface area contributed by atoms with Crippen molar-refractivity contribution in [3.63, 3.8) is 0 Å². The summed E-state index contributed by atoms with van der Waals surface area (Å²) in [7, 11) is 3.45. The third kappa shape index (κ3) is 4.38. The lowest BCUT2D eigenvalue weighted by atomic mass is 10.0. The number of carbonyl (C=O) groups is 1. The second kappa shape index (κ2) is 7.55. The van der Waals surface area contributed by atoms with Gasteiger partial charge in [-0.05, 0) is 30.7 Å². The van der Waals surface area contributed by atoms with Crippen LogP contribution >= 0.6 is 0 Å². The van der Waals surface area contributed by atoms with Gasteiger partial charge in [-0.1, -0.05) is 19.1 Å². The van der Waals surface area contributed by atoms with Crippen LogP contribution in [0.15, 0.2) is 24.3 Å². The van der Waals surface area contributed by atoms with Crippen LogP contribution in [0.5, 0.6) is 0 Å². The van der Waals surface area contributed by atoms with E-state index in [9.17, 15) is 4.79 Å². The largest absolute Gasteiger partial charge is 0.345 e. The van der Waals surface area contributed by atoms with Gasteiger partial charge in [0, 0.05) is 25.7 Å². The van der Waals surface area contributed by atoms with E-state index in [0.717, 1.165) is 18.5 Å². The van der Waals surface area contributed by atoms with Gasteiger partial charge < -0.3 is 10.2 Å². The van der Waals surface area contributed by atoms with Gasteiger partial charge in [0.1, 0.15) is 0 Å². The van der Waals surface area contributed by atoms with Crippen LogP contribution in [0.2, 0.25) is 0 Å². The Bertz CT molecular complexity index is 445. The molecule has 1 N–H and O–H groups in total. The fourth-order valence-corrected chi connectivity index (χ4v) is 1.79. The van der Waals surface area contributed by atoms with Gasteiger partial charge in [-0.25, -0.2) is 0 Å². The van der Waals surface area contributed by atoms with Gasteiger partial charge in [-0.3, -0.25) is 4.79 Å². The lowest BCUT2D eigenvalue weighted by molar-refractivity contribution is 0.0827. The van der Waals surface area contributed by atoms with E-state index in [1.165, 1.54) is 0 Å². The Hall–Kier alpha value is -1.86. The fraction of sp³-hybridized carbons (Fsp3) is 0.400. The summed E-state index contributed by atoms with van der Waals surface area (Å²) in [6.45, 7) is 4.54. The average Bonchev–Trinajstić information content (AvgIpc) is 2.42. The van der Waals surface area contributed by atoms with Crippen LogP contribution in [0.1, 0.15) is 34.8 Å². The van der Waals surface area contributed by atoms with Gasteiger partial charge >= 0.3 is 0 Å². The van der Waals surface area contributed by atoms with Gasteiger partial charge in [-0.15, -0.1) is 0 Å². The first-order valence-electron chi connectivity index (χ1n) is 6.31. The number of rotatable bonds is 6. The van der Waals surface area contributed by atoms with Crippen molar-refractivity contribution in [3.8, 4) is 6.07 Å². The van der Waals surface area contributed by atoms with E-state index in [1.54, 1.807) is 31.1 Å². The summed E-state index contributed by atoms with van der Waals surface area (Å²) in [4.78, 5) is 13.3. The van der Waals surface area contributed by atoms with Crippen molar-refractivity contribution in [2.75, 3.05) is 20.6 Å². The van der Waals surface area contributed by atoms with Gasteiger partial charge in [0.25, 0.3) is 5.91 Å². The van der Waals surface area contributed by atoms with E-state index in [1.807, 2.05) is 12.1 Å². The predicted octanol–water partition coefficient (Wildman–Crippen LogP) is 2.16. The summed E-state index contributed by atoms with van der Waals surface area (Å²) in [5, 5.41) is 12.1. The Morgan fingerprint density at radius 2 is 2.05 bits per heavy atom. The maximum absolute atomic E-state index is 11.8. The van der Waals surface area contributed by atoms with Crippen LogP contribution in [0.3, 0.4) is 0 Å². The second-order valence-electron chi connectivity index (χ2n) is 4.54. The van der Waals surface area contributed by atoms with E-state index >= 15 is 0 Å². The minimum atomic E-state index is -0.0194. The van der Waals surface area contributed by atoms with E-state index in [-0.39, 0.29) is 11.9 Å². The zero-order chi connectivity index (χ0) is 14.3. The van der Waals surface area contributed by atoms with Crippen molar-refractivity contribution in [3.05, 3.63) is 42.3 Å². The second-order valence-corrected chi connectivity index (χ2v) is 4.54. The first kappa shape index (κ1) is 15.2. The molecule has 101 valence electrons. The highest BCUT2D eigenvalue weighted by Gasteiger charge is 2.12. The standard InChI is InChI=1S/C15H20N3O/c1-4-11-17-14(9-10-16)12-5-7-13(8-6-12)15(19)18(2)3/h5-8,14,17H,1,4,9,11H2,2-3H3/t14-/m0/s1. The SMILES string of the molecule is [CH2]CCN[C@@H](CC#N)c1ccc(C(=O)N(C)C)cc1.